The third-order valence-electron chi connectivity index (χ3n) is 3.19. The summed E-state index contributed by atoms with van der Waals surface area (Å²) in [5.74, 6) is -1.45. The van der Waals surface area contributed by atoms with E-state index in [4.69, 9.17) is 4.74 Å². The van der Waals surface area contributed by atoms with E-state index in [0.717, 1.165) is 16.7 Å². The molecule has 0 aromatic heterocycles. The smallest absolute Gasteiger partial charge is 0.380 e. The van der Waals surface area contributed by atoms with Crippen LogP contribution in [-0.4, -0.2) is 17.4 Å². The lowest BCUT2D eigenvalue weighted by atomic mass is 9.93. The van der Waals surface area contributed by atoms with Crippen LogP contribution in [0.25, 0.3) is 11.1 Å². The highest BCUT2D eigenvalue weighted by Gasteiger charge is 2.28. The number of ether oxygens (including phenoxy) is 1. The normalized spacial score (nSPS) is 11.1. The second-order valence-electron chi connectivity index (χ2n) is 6.17. The number of halogens is 1. The molecule has 0 amide bonds. The highest BCUT2D eigenvalue weighted by Crippen LogP contribution is 2.28. The van der Waals surface area contributed by atoms with Gasteiger partial charge in [-0.15, -0.1) is 0 Å². The minimum absolute atomic E-state index is 0.393. The van der Waals surface area contributed by atoms with Gasteiger partial charge >= 0.3 is 5.97 Å². The SMILES string of the molecule is CC(C)(C)OC(=O)C(=O)c1c(CBr)cccc1-c1ccccc1. The summed E-state index contributed by atoms with van der Waals surface area (Å²) in [6.45, 7) is 5.23. The maximum absolute atomic E-state index is 12.7. The number of alkyl halides is 1. The Morgan fingerprint density at radius 3 is 2.22 bits per heavy atom. The summed E-state index contributed by atoms with van der Waals surface area (Å²) in [7, 11) is 0. The first kappa shape index (κ1) is 17.4. The predicted octanol–water partition coefficient (Wildman–Crippen LogP) is 4.77. The highest BCUT2D eigenvalue weighted by molar-refractivity contribution is 9.08. The summed E-state index contributed by atoms with van der Waals surface area (Å²) in [6.07, 6.45) is 0. The largest absolute Gasteiger partial charge is 0.454 e. The van der Waals surface area contributed by atoms with Crippen LogP contribution in [0.1, 0.15) is 36.7 Å². The van der Waals surface area contributed by atoms with Crippen molar-refractivity contribution in [2.75, 3.05) is 0 Å². The van der Waals surface area contributed by atoms with Crippen molar-refractivity contribution in [3.05, 3.63) is 59.7 Å². The monoisotopic (exact) mass is 374 g/mol. The van der Waals surface area contributed by atoms with Crippen molar-refractivity contribution >= 4 is 27.7 Å². The second-order valence-corrected chi connectivity index (χ2v) is 6.73. The fourth-order valence-electron chi connectivity index (χ4n) is 2.26. The molecule has 0 aliphatic carbocycles. The fraction of sp³-hybridized carbons (Fsp3) is 0.263. The average Bonchev–Trinajstić information content (AvgIpc) is 2.52. The minimum Gasteiger partial charge on any atom is -0.454 e. The van der Waals surface area contributed by atoms with Crippen LogP contribution in [-0.2, 0) is 14.9 Å². The van der Waals surface area contributed by atoms with Gasteiger partial charge in [-0.3, -0.25) is 4.79 Å². The Labute approximate surface area is 144 Å². The molecule has 0 N–H and O–H groups in total. The molecule has 0 fully saturated rings. The van der Waals surface area contributed by atoms with Crippen LogP contribution in [0.3, 0.4) is 0 Å². The Balaban J connectivity index is 2.52. The second kappa shape index (κ2) is 7.09. The van der Waals surface area contributed by atoms with E-state index in [1.807, 2.05) is 48.5 Å². The van der Waals surface area contributed by atoms with Crippen LogP contribution in [0.5, 0.6) is 0 Å². The van der Waals surface area contributed by atoms with E-state index in [-0.39, 0.29) is 0 Å². The lowest BCUT2D eigenvalue weighted by molar-refractivity contribution is -0.148. The molecule has 120 valence electrons. The number of carbonyl (C=O) groups excluding carboxylic acids is 2. The summed E-state index contributed by atoms with van der Waals surface area (Å²) >= 11 is 3.39. The van der Waals surface area contributed by atoms with Gasteiger partial charge < -0.3 is 4.74 Å². The molecule has 0 bridgehead atoms. The van der Waals surface area contributed by atoms with E-state index in [2.05, 4.69) is 15.9 Å². The molecule has 0 aliphatic rings. The van der Waals surface area contributed by atoms with Crippen molar-refractivity contribution in [1.29, 1.82) is 0 Å². The summed E-state index contributed by atoms with van der Waals surface area (Å²) in [5, 5.41) is 0.484. The Morgan fingerprint density at radius 2 is 1.65 bits per heavy atom. The minimum atomic E-state index is -0.830. The summed E-state index contributed by atoms with van der Waals surface area (Å²) in [6, 6.07) is 15.1. The molecule has 4 heteroatoms. The van der Waals surface area contributed by atoms with E-state index in [1.165, 1.54) is 0 Å². The van der Waals surface area contributed by atoms with Crippen LogP contribution in [0.2, 0.25) is 0 Å². The van der Waals surface area contributed by atoms with Crippen molar-refractivity contribution in [1.82, 2.24) is 0 Å². The molecule has 3 nitrogen and oxygen atoms in total. The van der Waals surface area contributed by atoms with Crippen LogP contribution in [0.15, 0.2) is 48.5 Å². The summed E-state index contributed by atoms with van der Waals surface area (Å²) in [5.41, 5.74) is 2.08. The van der Waals surface area contributed by atoms with Crippen molar-refractivity contribution in [3.63, 3.8) is 0 Å². The first-order valence-corrected chi connectivity index (χ1v) is 8.46. The zero-order valence-electron chi connectivity index (χ0n) is 13.4. The standard InChI is InChI=1S/C19H19BrO3/c1-19(2,3)23-18(22)17(21)16-14(12-20)10-7-11-15(16)13-8-5-4-6-9-13/h4-11H,12H2,1-3H3. The van der Waals surface area contributed by atoms with Crippen molar-refractivity contribution < 1.29 is 14.3 Å². The third-order valence-corrected chi connectivity index (χ3v) is 3.79. The van der Waals surface area contributed by atoms with Gasteiger partial charge in [0, 0.05) is 10.9 Å². The number of benzene rings is 2. The van der Waals surface area contributed by atoms with E-state index in [9.17, 15) is 9.59 Å². The van der Waals surface area contributed by atoms with Gasteiger partial charge in [-0.05, 0) is 37.5 Å². The van der Waals surface area contributed by atoms with Gasteiger partial charge in [0.1, 0.15) is 5.60 Å². The fourth-order valence-corrected chi connectivity index (χ4v) is 2.73. The Kier molecular flexibility index (Phi) is 5.37. The molecule has 0 aliphatic heterocycles. The number of hydrogen-bond acceptors (Lipinski definition) is 3. The molecule has 2 aromatic rings. The zero-order chi connectivity index (χ0) is 17.0. The van der Waals surface area contributed by atoms with E-state index >= 15 is 0 Å². The maximum atomic E-state index is 12.7. The molecule has 0 saturated carbocycles. The van der Waals surface area contributed by atoms with Gasteiger partial charge in [0.15, 0.2) is 0 Å². The summed E-state index contributed by atoms with van der Waals surface area (Å²) in [4.78, 5) is 24.9. The molecule has 0 atom stereocenters. The predicted molar refractivity (Wildman–Crippen MR) is 94.7 cm³/mol. The molecule has 0 spiro atoms. The van der Waals surface area contributed by atoms with Crippen molar-refractivity contribution in [2.45, 2.75) is 31.7 Å². The maximum Gasteiger partial charge on any atom is 0.380 e. The summed E-state index contributed by atoms with van der Waals surface area (Å²) < 4.78 is 5.24. The first-order chi connectivity index (χ1) is 10.8. The average molecular weight is 375 g/mol. The molecule has 2 aromatic carbocycles. The van der Waals surface area contributed by atoms with Crippen molar-refractivity contribution in [3.8, 4) is 11.1 Å². The lowest BCUT2D eigenvalue weighted by Gasteiger charge is -2.20. The van der Waals surface area contributed by atoms with Crippen molar-refractivity contribution in [2.24, 2.45) is 0 Å². The highest BCUT2D eigenvalue weighted by atomic mass is 79.9. The van der Waals surface area contributed by atoms with Crippen LogP contribution in [0, 0.1) is 0 Å². The van der Waals surface area contributed by atoms with Gasteiger partial charge in [0.05, 0.1) is 0 Å². The number of Topliss-reactive ketones (excluding diaryl/α,β-unsaturated/α-hetero) is 1. The van der Waals surface area contributed by atoms with Gasteiger partial charge in [0.25, 0.3) is 5.78 Å². The van der Waals surface area contributed by atoms with Gasteiger partial charge in [-0.25, -0.2) is 4.79 Å². The van der Waals surface area contributed by atoms with Gasteiger partial charge in [0.2, 0.25) is 0 Å². The molecular formula is C19H19BrO3. The van der Waals surface area contributed by atoms with E-state index in [0.29, 0.717) is 10.9 Å². The molecule has 0 radical (unpaired) electrons. The number of carbonyl (C=O) groups is 2. The number of ketones is 1. The Bertz CT molecular complexity index is 715. The molecule has 0 heterocycles. The number of esters is 1. The third kappa shape index (κ3) is 4.29. The van der Waals surface area contributed by atoms with Gasteiger partial charge in [-0.1, -0.05) is 64.5 Å². The molecule has 0 saturated heterocycles. The van der Waals surface area contributed by atoms with Gasteiger partial charge in [-0.2, -0.15) is 0 Å². The number of rotatable bonds is 4. The Hall–Kier alpha value is -1.94. The molecule has 23 heavy (non-hydrogen) atoms. The van der Waals surface area contributed by atoms with Crippen LogP contribution >= 0.6 is 15.9 Å². The quantitative estimate of drug-likeness (QED) is 0.335. The molecule has 2 rings (SSSR count). The van der Waals surface area contributed by atoms with Crippen LogP contribution in [0.4, 0.5) is 0 Å². The van der Waals surface area contributed by atoms with E-state index < -0.39 is 17.4 Å². The zero-order valence-corrected chi connectivity index (χ0v) is 15.0. The molecule has 0 unspecified atom stereocenters. The number of hydrogen-bond donors (Lipinski definition) is 0. The van der Waals surface area contributed by atoms with Crippen LogP contribution < -0.4 is 0 Å². The lowest BCUT2D eigenvalue weighted by Crippen LogP contribution is -2.29. The van der Waals surface area contributed by atoms with E-state index in [1.54, 1.807) is 20.8 Å². The Morgan fingerprint density at radius 1 is 1.00 bits per heavy atom. The first-order valence-electron chi connectivity index (χ1n) is 7.34. The molecular weight excluding hydrogens is 356 g/mol. The topological polar surface area (TPSA) is 43.4 Å².